The van der Waals surface area contributed by atoms with Crippen LogP contribution in [0, 0.1) is 12.7 Å². The van der Waals surface area contributed by atoms with Gasteiger partial charge in [0.25, 0.3) is 5.56 Å². The standard InChI is InChI=1S/C33H34FN7O4S2/c1-7-24(42)40-14-13-39(16-19(40)5)29-21-15-22(34)26(20-9-8-10-23-27(20)38-33(35)46-23)37-31(21)41(32(43)30(29)47(6,44)45)28-18(4)11-12-36-25(28)17(2)3/h7-12,15,17,19H,1,13-14,16H2,2-6H3,(H2,35,38)/t19-/m1/s1. The van der Waals surface area contributed by atoms with Gasteiger partial charge < -0.3 is 15.5 Å². The fraction of sp³-hybridized carbons (Fsp3) is 0.303. The predicted octanol–water partition coefficient (Wildman–Crippen LogP) is 4.84. The number of nitrogen functional groups attached to an aromatic ring is 1. The largest absolute Gasteiger partial charge is 0.375 e. The van der Waals surface area contributed by atoms with Crippen molar-refractivity contribution < 1.29 is 17.6 Å². The number of carbonyl (C=O) groups excluding carboxylic acids is 1. The number of anilines is 2. The van der Waals surface area contributed by atoms with Crippen molar-refractivity contribution in [2.75, 3.05) is 36.5 Å². The molecule has 244 valence electrons. The molecule has 0 spiro atoms. The lowest BCUT2D eigenvalue weighted by Gasteiger charge is -2.41. The molecule has 47 heavy (non-hydrogen) atoms. The number of sulfone groups is 1. The number of benzene rings is 1. The zero-order valence-corrected chi connectivity index (χ0v) is 28.2. The summed E-state index contributed by atoms with van der Waals surface area (Å²) in [4.78, 5) is 43.9. The number of rotatable bonds is 6. The maximum Gasteiger partial charge on any atom is 0.277 e. The summed E-state index contributed by atoms with van der Waals surface area (Å²) in [6.45, 7) is 11.7. The lowest BCUT2D eigenvalue weighted by atomic mass is 10.0. The lowest BCUT2D eigenvalue weighted by Crippen LogP contribution is -2.54. The third-order valence-electron chi connectivity index (χ3n) is 8.42. The number of nitrogens with zero attached hydrogens (tertiary/aromatic N) is 6. The summed E-state index contributed by atoms with van der Waals surface area (Å²) in [6, 6.07) is 7.85. The summed E-state index contributed by atoms with van der Waals surface area (Å²) in [5.41, 5.74) is 7.63. The van der Waals surface area contributed by atoms with Crippen molar-refractivity contribution in [2.45, 2.75) is 44.6 Å². The Morgan fingerprint density at radius 1 is 1.19 bits per heavy atom. The summed E-state index contributed by atoms with van der Waals surface area (Å²) in [5.74, 6) is -1.15. The second kappa shape index (κ2) is 11.8. The number of thiazole rings is 1. The maximum atomic E-state index is 16.5. The number of fused-ring (bicyclic) bond motifs is 2. The Balaban J connectivity index is 1.76. The predicted molar refractivity (Wildman–Crippen MR) is 184 cm³/mol. The molecule has 14 heteroatoms. The second-order valence-corrected chi connectivity index (χ2v) is 15.0. The van der Waals surface area contributed by atoms with Crippen molar-refractivity contribution in [1.29, 1.82) is 0 Å². The number of hydrogen-bond acceptors (Lipinski definition) is 10. The molecule has 5 aromatic rings. The summed E-state index contributed by atoms with van der Waals surface area (Å²) in [5, 5.41) is 0.436. The van der Waals surface area contributed by atoms with Crippen molar-refractivity contribution >= 4 is 59.2 Å². The number of carbonyl (C=O) groups is 1. The number of nitrogens with two attached hydrogens (primary N) is 1. The Hall–Kier alpha value is -4.69. The third kappa shape index (κ3) is 5.44. The van der Waals surface area contributed by atoms with Gasteiger partial charge in [0, 0.05) is 49.1 Å². The van der Waals surface area contributed by atoms with Crippen LogP contribution in [0.1, 0.15) is 37.9 Å². The quantitative estimate of drug-likeness (QED) is 0.250. The fourth-order valence-corrected chi connectivity index (χ4v) is 8.10. The van der Waals surface area contributed by atoms with E-state index in [2.05, 4.69) is 16.5 Å². The molecule has 1 aliphatic rings. The molecule has 4 aromatic heterocycles. The average Bonchev–Trinajstić information content (AvgIpc) is 3.40. The molecule has 0 bridgehead atoms. The number of piperazine rings is 1. The van der Waals surface area contributed by atoms with Crippen molar-refractivity contribution in [3.63, 3.8) is 0 Å². The van der Waals surface area contributed by atoms with Crippen molar-refractivity contribution in [2.24, 2.45) is 0 Å². The van der Waals surface area contributed by atoms with Gasteiger partial charge in [-0.1, -0.05) is 43.9 Å². The molecule has 1 aromatic carbocycles. The van der Waals surface area contributed by atoms with Crippen LogP contribution in [0.15, 0.2) is 58.9 Å². The molecule has 5 heterocycles. The summed E-state index contributed by atoms with van der Waals surface area (Å²) < 4.78 is 45.7. The molecular formula is C33H34FN7O4S2. The Kier molecular flexibility index (Phi) is 8.12. The summed E-state index contributed by atoms with van der Waals surface area (Å²) in [6.07, 6.45) is 3.82. The van der Waals surface area contributed by atoms with Crippen LogP contribution in [-0.4, -0.2) is 70.7 Å². The van der Waals surface area contributed by atoms with Crippen LogP contribution >= 0.6 is 11.3 Å². The minimum absolute atomic E-state index is 0.0444. The lowest BCUT2D eigenvalue weighted by molar-refractivity contribution is -0.128. The molecule has 1 fully saturated rings. The van der Waals surface area contributed by atoms with Crippen LogP contribution in [0.5, 0.6) is 0 Å². The molecule has 1 amide bonds. The van der Waals surface area contributed by atoms with Gasteiger partial charge >= 0.3 is 0 Å². The maximum absolute atomic E-state index is 16.5. The first-order chi connectivity index (χ1) is 22.2. The van der Waals surface area contributed by atoms with Gasteiger partial charge in [0.2, 0.25) is 5.91 Å². The highest BCUT2D eigenvalue weighted by Crippen LogP contribution is 2.39. The number of para-hydroxylation sites is 1. The highest BCUT2D eigenvalue weighted by Gasteiger charge is 2.35. The normalized spacial score (nSPS) is 15.6. The number of aromatic nitrogens is 4. The van der Waals surface area contributed by atoms with Gasteiger partial charge in [0.15, 0.2) is 25.5 Å². The zero-order valence-electron chi connectivity index (χ0n) is 26.6. The van der Waals surface area contributed by atoms with Crippen LogP contribution in [0.4, 0.5) is 15.2 Å². The van der Waals surface area contributed by atoms with Gasteiger partial charge in [-0.15, -0.1) is 0 Å². The van der Waals surface area contributed by atoms with Gasteiger partial charge in [-0.3, -0.25) is 19.1 Å². The van der Waals surface area contributed by atoms with Gasteiger partial charge in [-0.2, -0.15) is 0 Å². The number of pyridine rings is 3. The van der Waals surface area contributed by atoms with Crippen LogP contribution < -0.4 is 16.2 Å². The number of hydrogen-bond donors (Lipinski definition) is 1. The van der Waals surface area contributed by atoms with Crippen molar-refractivity contribution in [1.82, 2.24) is 24.4 Å². The van der Waals surface area contributed by atoms with E-state index in [1.165, 1.54) is 28.0 Å². The van der Waals surface area contributed by atoms with E-state index in [1.807, 2.05) is 26.8 Å². The van der Waals surface area contributed by atoms with Crippen LogP contribution in [0.2, 0.25) is 0 Å². The van der Waals surface area contributed by atoms with Gasteiger partial charge in [0.05, 0.1) is 27.3 Å². The van der Waals surface area contributed by atoms with Crippen molar-refractivity contribution in [3.05, 3.63) is 76.6 Å². The first-order valence-corrected chi connectivity index (χ1v) is 17.7. The van der Waals surface area contributed by atoms with E-state index in [9.17, 15) is 18.0 Å². The SMILES string of the molecule is C=CC(=O)N1CCN(c2c(S(C)(=O)=O)c(=O)n(-c3c(C)ccnc3C(C)C)c3nc(-c4cccc5sc(N)nc45)c(F)cc23)C[C@H]1C. The molecule has 2 N–H and O–H groups in total. The van der Waals surface area contributed by atoms with E-state index in [1.54, 1.807) is 41.1 Å². The van der Waals surface area contributed by atoms with E-state index in [0.717, 1.165) is 11.0 Å². The molecule has 6 rings (SSSR count). The Morgan fingerprint density at radius 3 is 2.60 bits per heavy atom. The molecule has 0 saturated carbocycles. The first-order valence-electron chi connectivity index (χ1n) is 15.0. The second-order valence-electron chi connectivity index (χ2n) is 12.0. The molecule has 1 saturated heterocycles. The highest BCUT2D eigenvalue weighted by molar-refractivity contribution is 7.90. The molecule has 0 unspecified atom stereocenters. The highest BCUT2D eigenvalue weighted by atomic mass is 32.2. The first kappa shape index (κ1) is 32.3. The van der Waals surface area contributed by atoms with Gasteiger partial charge in [0.1, 0.15) is 11.5 Å². The van der Waals surface area contributed by atoms with Gasteiger partial charge in [-0.05, 0) is 49.6 Å². The summed E-state index contributed by atoms with van der Waals surface area (Å²) >= 11 is 1.26. The molecule has 0 aliphatic carbocycles. The van der Waals surface area contributed by atoms with Crippen LogP contribution in [0.3, 0.4) is 0 Å². The van der Waals surface area contributed by atoms with E-state index >= 15 is 4.39 Å². The molecule has 1 aliphatic heterocycles. The fourth-order valence-electron chi connectivity index (χ4n) is 6.34. The Bertz CT molecular complexity index is 2280. The monoisotopic (exact) mass is 675 g/mol. The molecule has 11 nitrogen and oxygen atoms in total. The smallest absolute Gasteiger partial charge is 0.277 e. The number of aryl methyl sites for hydroxylation is 1. The summed E-state index contributed by atoms with van der Waals surface area (Å²) in [7, 11) is -4.20. The minimum atomic E-state index is -4.20. The Labute approximate surface area is 275 Å². The topological polar surface area (TPSA) is 144 Å². The molecular weight excluding hydrogens is 642 g/mol. The van der Waals surface area contributed by atoms with Gasteiger partial charge in [-0.25, -0.2) is 22.8 Å². The van der Waals surface area contributed by atoms with E-state index in [-0.39, 0.29) is 59.9 Å². The minimum Gasteiger partial charge on any atom is -0.375 e. The zero-order chi connectivity index (χ0) is 33.9. The third-order valence-corrected chi connectivity index (χ3v) is 10.4. The average molecular weight is 676 g/mol. The van der Waals surface area contributed by atoms with E-state index in [0.29, 0.717) is 33.2 Å². The number of halogens is 1. The number of amides is 1. The molecule has 0 radical (unpaired) electrons. The van der Waals surface area contributed by atoms with Crippen molar-refractivity contribution in [3.8, 4) is 16.9 Å². The van der Waals surface area contributed by atoms with E-state index in [4.69, 9.17) is 10.7 Å². The van der Waals surface area contributed by atoms with E-state index < -0.39 is 26.1 Å². The van der Waals surface area contributed by atoms with Crippen LogP contribution in [-0.2, 0) is 14.6 Å². The molecule has 1 atom stereocenters. The van der Waals surface area contributed by atoms with Crippen LogP contribution in [0.25, 0.3) is 38.2 Å². The Morgan fingerprint density at radius 2 is 1.94 bits per heavy atom.